The molecule has 0 aliphatic carbocycles. The number of nitrogens with one attached hydrogen (secondary N) is 1. The summed E-state index contributed by atoms with van der Waals surface area (Å²) in [6.45, 7) is 3.21. The van der Waals surface area contributed by atoms with Gasteiger partial charge in [-0.25, -0.2) is 4.39 Å². The number of rotatable bonds is 2. The zero-order chi connectivity index (χ0) is 15.0. The SMILES string of the molecule is Fc1ccc(CN2CC3CCCNC3C2)cc1C(F)(F)F. The van der Waals surface area contributed by atoms with E-state index in [1.54, 1.807) is 0 Å². The van der Waals surface area contributed by atoms with Gasteiger partial charge >= 0.3 is 6.18 Å². The minimum absolute atomic E-state index is 0.443. The molecule has 2 atom stereocenters. The van der Waals surface area contributed by atoms with Crippen molar-refractivity contribution in [2.75, 3.05) is 19.6 Å². The van der Waals surface area contributed by atoms with Crippen molar-refractivity contribution in [3.05, 3.63) is 35.1 Å². The third-order valence-corrected chi connectivity index (χ3v) is 4.42. The average molecular weight is 302 g/mol. The van der Waals surface area contributed by atoms with Crippen LogP contribution < -0.4 is 5.32 Å². The second-order valence-electron chi connectivity index (χ2n) is 5.97. The summed E-state index contributed by atoms with van der Waals surface area (Å²) in [6, 6.07) is 3.74. The van der Waals surface area contributed by atoms with E-state index in [-0.39, 0.29) is 0 Å². The van der Waals surface area contributed by atoms with Crippen LogP contribution in [-0.2, 0) is 12.7 Å². The average Bonchev–Trinajstić information content (AvgIpc) is 2.82. The van der Waals surface area contributed by atoms with Crippen LogP contribution >= 0.6 is 0 Å². The molecule has 0 amide bonds. The molecule has 21 heavy (non-hydrogen) atoms. The van der Waals surface area contributed by atoms with Gasteiger partial charge in [-0.3, -0.25) is 4.90 Å². The molecule has 0 bridgehead atoms. The summed E-state index contributed by atoms with van der Waals surface area (Å²) in [5.41, 5.74) is -0.655. The van der Waals surface area contributed by atoms with E-state index < -0.39 is 17.6 Å². The first-order chi connectivity index (χ1) is 9.93. The van der Waals surface area contributed by atoms with Crippen molar-refractivity contribution >= 4 is 0 Å². The Labute approximate surface area is 121 Å². The first-order valence-electron chi connectivity index (χ1n) is 7.25. The molecule has 1 aromatic rings. The number of hydrogen-bond acceptors (Lipinski definition) is 2. The summed E-state index contributed by atoms with van der Waals surface area (Å²) < 4.78 is 51.4. The molecule has 0 aromatic heterocycles. The fourth-order valence-electron chi connectivity index (χ4n) is 3.41. The summed E-state index contributed by atoms with van der Waals surface area (Å²) in [4.78, 5) is 2.15. The van der Waals surface area contributed by atoms with Crippen molar-refractivity contribution in [3.8, 4) is 0 Å². The molecule has 0 spiro atoms. The third-order valence-electron chi connectivity index (χ3n) is 4.42. The van der Waals surface area contributed by atoms with E-state index in [1.165, 1.54) is 12.5 Å². The van der Waals surface area contributed by atoms with Crippen LogP contribution in [0.5, 0.6) is 0 Å². The first-order valence-corrected chi connectivity index (χ1v) is 7.25. The van der Waals surface area contributed by atoms with Crippen LogP contribution in [-0.4, -0.2) is 30.6 Å². The molecular weight excluding hydrogens is 284 g/mol. The Hall–Kier alpha value is -1.14. The quantitative estimate of drug-likeness (QED) is 0.845. The zero-order valence-electron chi connectivity index (χ0n) is 11.6. The van der Waals surface area contributed by atoms with Gasteiger partial charge in [0.05, 0.1) is 5.56 Å². The highest BCUT2D eigenvalue weighted by Crippen LogP contribution is 2.33. The van der Waals surface area contributed by atoms with Crippen molar-refractivity contribution in [1.82, 2.24) is 10.2 Å². The lowest BCUT2D eigenvalue weighted by Crippen LogP contribution is -2.40. The number of fused-ring (bicyclic) bond motifs is 1. The van der Waals surface area contributed by atoms with Crippen molar-refractivity contribution < 1.29 is 17.6 Å². The first kappa shape index (κ1) is 14.8. The van der Waals surface area contributed by atoms with E-state index in [4.69, 9.17) is 0 Å². The molecule has 2 aliphatic rings. The number of alkyl halides is 3. The summed E-state index contributed by atoms with van der Waals surface area (Å²) in [5, 5.41) is 3.46. The molecule has 1 N–H and O–H groups in total. The predicted octanol–water partition coefficient (Wildman–Crippen LogP) is 3.03. The van der Waals surface area contributed by atoms with Gasteiger partial charge in [-0.1, -0.05) is 6.07 Å². The van der Waals surface area contributed by atoms with Crippen molar-refractivity contribution in [2.24, 2.45) is 5.92 Å². The van der Waals surface area contributed by atoms with Crippen molar-refractivity contribution in [2.45, 2.75) is 31.6 Å². The monoisotopic (exact) mass is 302 g/mol. The van der Waals surface area contributed by atoms with Crippen LogP contribution in [0.25, 0.3) is 0 Å². The van der Waals surface area contributed by atoms with Crippen LogP contribution in [0, 0.1) is 11.7 Å². The summed E-state index contributed by atoms with van der Waals surface area (Å²) in [6.07, 6.45) is -2.31. The Morgan fingerprint density at radius 1 is 1.24 bits per heavy atom. The fraction of sp³-hybridized carbons (Fsp3) is 0.600. The number of piperidine rings is 1. The van der Waals surface area contributed by atoms with Crippen molar-refractivity contribution in [1.29, 1.82) is 0 Å². The minimum Gasteiger partial charge on any atom is -0.312 e. The van der Waals surface area contributed by atoms with Crippen LogP contribution in [0.2, 0.25) is 0 Å². The van der Waals surface area contributed by atoms with Gasteiger partial charge in [0.1, 0.15) is 5.82 Å². The molecule has 3 rings (SSSR count). The van der Waals surface area contributed by atoms with E-state index in [1.807, 2.05) is 0 Å². The van der Waals surface area contributed by atoms with E-state index in [0.29, 0.717) is 24.1 Å². The highest BCUT2D eigenvalue weighted by molar-refractivity contribution is 5.27. The van der Waals surface area contributed by atoms with E-state index in [2.05, 4.69) is 10.2 Å². The highest BCUT2D eigenvalue weighted by atomic mass is 19.4. The van der Waals surface area contributed by atoms with Crippen LogP contribution in [0.15, 0.2) is 18.2 Å². The molecule has 2 heterocycles. The second kappa shape index (κ2) is 5.57. The van der Waals surface area contributed by atoms with Crippen LogP contribution in [0.1, 0.15) is 24.0 Å². The number of benzene rings is 1. The lowest BCUT2D eigenvalue weighted by Gasteiger charge is -2.24. The predicted molar refractivity (Wildman–Crippen MR) is 71.2 cm³/mol. The lowest BCUT2D eigenvalue weighted by atomic mass is 9.94. The van der Waals surface area contributed by atoms with Gasteiger partial charge in [0.15, 0.2) is 0 Å². The zero-order valence-corrected chi connectivity index (χ0v) is 11.6. The Morgan fingerprint density at radius 2 is 2.05 bits per heavy atom. The normalized spacial score (nSPS) is 26.9. The molecule has 6 heteroatoms. The molecule has 2 saturated heterocycles. The lowest BCUT2D eigenvalue weighted by molar-refractivity contribution is -0.140. The number of nitrogens with zero attached hydrogens (tertiary/aromatic N) is 1. The van der Waals surface area contributed by atoms with Crippen LogP contribution in [0.3, 0.4) is 0 Å². The third kappa shape index (κ3) is 3.21. The fourth-order valence-corrected chi connectivity index (χ4v) is 3.41. The molecule has 2 fully saturated rings. The summed E-state index contributed by atoms with van der Waals surface area (Å²) in [5.74, 6) is -0.621. The molecular formula is C15H18F4N2. The van der Waals surface area contributed by atoms with Gasteiger partial charge in [0, 0.05) is 25.7 Å². The second-order valence-corrected chi connectivity index (χ2v) is 5.97. The highest BCUT2D eigenvalue weighted by Gasteiger charge is 2.36. The maximum atomic E-state index is 13.3. The van der Waals surface area contributed by atoms with E-state index in [9.17, 15) is 17.6 Å². The Balaban J connectivity index is 1.71. The van der Waals surface area contributed by atoms with Gasteiger partial charge in [-0.2, -0.15) is 13.2 Å². The van der Waals surface area contributed by atoms with Crippen LogP contribution in [0.4, 0.5) is 17.6 Å². The molecule has 2 unspecified atom stereocenters. The smallest absolute Gasteiger partial charge is 0.312 e. The van der Waals surface area contributed by atoms with Gasteiger partial charge in [0.2, 0.25) is 0 Å². The number of halogens is 4. The largest absolute Gasteiger partial charge is 0.419 e. The number of likely N-dealkylation sites (tertiary alicyclic amines) is 1. The Kier molecular flexibility index (Phi) is 3.92. The van der Waals surface area contributed by atoms with Gasteiger partial charge in [0.25, 0.3) is 0 Å². The Morgan fingerprint density at radius 3 is 2.76 bits per heavy atom. The van der Waals surface area contributed by atoms with Crippen molar-refractivity contribution in [3.63, 3.8) is 0 Å². The standard InChI is InChI=1S/C15H18F4N2/c16-13-4-3-10(6-12(13)15(17,18)19)7-21-8-11-2-1-5-20-14(11)9-21/h3-4,6,11,14,20H,1-2,5,7-9H2. The summed E-state index contributed by atoms with van der Waals surface area (Å²) >= 11 is 0. The van der Waals surface area contributed by atoms with Gasteiger partial charge in [-0.05, 0) is 43.0 Å². The summed E-state index contributed by atoms with van der Waals surface area (Å²) in [7, 11) is 0. The minimum atomic E-state index is -4.64. The molecule has 0 saturated carbocycles. The van der Waals surface area contributed by atoms with E-state index >= 15 is 0 Å². The van der Waals surface area contributed by atoms with Gasteiger partial charge in [-0.15, -0.1) is 0 Å². The Bertz CT molecular complexity index is 501. The molecule has 1 aromatic carbocycles. The topological polar surface area (TPSA) is 15.3 Å². The van der Waals surface area contributed by atoms with E-state index in [0.717, 1.165) is 38.2 Å². The molecule has 116 valence electrons. The molecule has 2 nitrogen and oxygen atoms in total. The number of hydrogen-bond donors (Lipinski definition) is 1. The molecule has 2 aliphatic heterocycles. The molecule has 0 radical (unpaired) electrons. The maximum Gasteiger partial charge on any atom is 0.419 e. The van der Waals surface area contributed by atoms with Gasteiger partial charge < -0.3 is 5.32 Å². The maximum absolute atomic E-state index is 13.3.